The lowest BCUT2D eigenvalue weighted by Crippen LogP contribution is -2.39. The predicted molar refractivity (Wildman–Crippen MR) is 108 cm³/mol. The van der Waals surface area contributed by atoms with E-state index in [-0.39, 0.29) is 17.0 Å². The Balaban J connectivity index is 1.40. The van der Waals surface area contributed by atoms with Crippen molar-refractivity contribution >= 4 is 32.7 Å². The van der Waals surface area contributed by atoms with Gasteiger partial charge in [-0.2, -0.15) is 0 Å². The first-order valence-electron chi connectivity index (χ1n) is 9.22. The first kappa shape index (κ1) is 19.9. The molecule has 154 valence electrons. The van der Waals surface area contributed by atoms with Gasteiger partial charge < -0.3 is 9.15 Å². The lowest BCUT2D eigenvalue weighted by atomic mass is 9.94. The molecule has 1 N–H and O–H groups in total. The lowest BCUT2D eigenvalue weighted by molar-refractivity contribution is 0.138. The highest BCUT2D eigenvalue weighted by atomic mass is 35.5. The molecule has 0 atom stereocenters. The molecule has 1 saturated carbocycles. The number of nitrogens with zero attached hydrogens (tertiary/aromatic N) is 2. The van der Waals surface area contributed by atoms with Crippen molar-refractivity contribution in [2.75, 3.05) is 0 Å². The van der Waals surface area contributed by atoms with Crippen LogP contribution in [-0.2, 0) is 17.1 Å². The topological polar surface area (TPSA) is 103 Å². The molecule has 3 aromatic rings. The molecule has 1 aliphatic carbocycles. The van der Waals surface area contributed by atoms with Gasteiger partial charge in [0.2, 0.25) is 15.9 Å². The average molecular weight is 438 g/mol. The third-order valence-electron chi connectivity index (χ3n) is 5.06. The fourth-order valence-electron chi connectivity index (χ4n) is 3.46. The lowest BCUT2D eigenvalue weighted by Gasteiger charge is -2.29. The number of nitrogens with one attached hydrogen (secondary N) is 1. The van der Waals surface area contributed by atoms with Crippen LogP contribution >= 0.6 is 11.6 Å². The summed E-state index contributed by atoms with van der Waals surface area (Å²) in [6.07, 6.45) is 4.26. The molecule has 0 saturated heterocycles. The Hall–Kier alpha value is -2.36. The summed E-state index contributed by atoms with van der Waals surface area (Å²) in [6.45, 7) is 0. The van der Waals surface area contributed by atoms with Crippen LogP contribution < -0.4 is 15.2 Å². The molecule has 10 heteroatoms. The summed E-state index contributed by atoms with van der Waals surface area (Å²) in [4.78, 5) is 15.8. The summed E-state index contributed by atoms with van der Waals surface area (Å²) in [5.74, 6) is -0.0199. The molecule has 2 aromatic heterocycles. The SMILES string of the molecule is Cn1c(=O)oc2ccc(S(=O)(=O)NC3CCC(Oc4ccc(Cl)cn4)CC3)cc21. The van der Waals surface area contributed by atoms with Gasteiger partial charge in [0.25, 0.3) is 0 Å². The molecule has 0 aliphatic heterocycles. The number of rotatable bonds is 5. The summed E-state index contributed by atoms with van der Waals surface area (Å²) in [5.41, 5.74) is 0.787. The van der Waals surface area contributed by atoms with Gasteiger partial charge in [-0.25, -0.2) is 22.9 Å². The van der Waals surface area contributed by atoms with Crippen LogP contribution in [0.15, 0.2) is 50.6 Å². The van der Waals surface area contributed by atoms with Crippen molar-refractivity contribution in [3.05, 3.63) is 52.1 Å². The van der Waals surface area contributed by atoms with Crippen molar-refractivity contribution in [1.82, 2.24) is 14.3 Å². The summed E-state index contributed by atoms with van der Waals surface area (Å²) >= 11 is 5.82. The number of aromatic nitrogens is 2. The standard InChI is InChI=1S/C19H20ClN3O5S/c1-23-16-10-15(7-8-17(16)28-19(23)24)29(25,26)22-13-3-5-14(6-4-13)27-18-9-2-12(20)11-21-18/h2,7-11,13-14,22H,3-6H2,1H3. The van der Waals surface area contributed by atoms with E-state index in [0.29, 0.717) is 47.7 Å². The first-order chi connectivity index (χ1) is 13.8. The Kier molecular flexibility index (Phi) is 5.37. The normalized spacial score (nSPS) is 20.1. The molecule has 0 amide bonds. The van der Waals surface area contributed by atoms with Crippen LogP contribution in [0.4, 0.5) is 0 Å². The van der Waals surface area contributed by atoms with Gasteiger partial charge in [-0.1, -0.05) is 11.6 Å². The minimum atomic E-state index is -3.71. The van der Waals surface area contributed by atoms with E-state index >= 15 is 0 Å². The van der Waals surface area contributed by atoms with Gasteiger partial charge in [0.1, 0.15) is 6.10 Å². The molecule has 29 heavy (non-hydrogen) atoms. The highest BCUT2D eigenvalue weighted by Gasteiger charge is 2.27. The number of ether oxygens (including phenoxy) is 1. The van der Waals surface area contributed by atoms with E-state index in [0.717, 1.165) is 0 Å². The van der Waals surface area contributed by atoms with E-state index in [9.17, 15) is 13.2 Å². The van der Waals surface area contributed by atoms with Crippen LogP contribution in [-0.4, -0.2) is 30.1 Å². The molecular formula is C19H20ClN3O5S. The van der Waals surface area contributed by atoms with E-state index in [1.165, 1.54) is 36.0 Å². The number of benzene rings is 1. The number of halogens is 1. The van der Waals surface area contributed by atoms with Crippen LogP contribution in [0, 0.1) is 0 Å². The first-order valence-corrected chi connectivity index (χ1v) is 11.1. The second-order valence-corrected chi connectivity index (χ2v) is 9.23. The van der Waals surface area contributed by atoms with Gasteiger partial charge in [0.15, 0.2) is 5.58 Å². The van der Waals surface area contributed by atoms with E-state index in [4.69, 9.17) is 20.8 Å². The zero-order chi connectivity index (χ0) is 20.6. The van der Waals surface area contributed by atoms with Gasteiger partial charge >= 0.3 is 5.76 Å². The van der Waals surface area contributed by atoms with Gasteiger partial charge in [-0.3, -0.25) is 4.57 Å². The number of oxazole rings is 1. The Morgan fingerprint density at radius 3 is 2.66 bits per heavy atom. The van der Waals surface area contributed by atoms with Crippen LogP contribution in [0.2, 0.25) is 5.02 Å². The van der Waals surface area contributed by atoms with Crippen LogP contribution in [0.5, 0.6) is 5.88 Å². The zero-order valence-corrected chi connectivity index (χ0v) is 17.2. The number of fused-ring (bicyclic) bond motifs is 1. The van der Waals surface area contributed by atoms with Crippen molar-refractivity contribution in [2.24, 2.45) is 7.05 Å². The molecule has 0 radical (unpaired) electrons. The Bertz CT molecular complexity index is 1180. The molecule has 0 unspecified atom stereocenters. The number of aryl methyl sites for hydroxylation is 1. The summed E-state index contributed by atoms with van der Waals surface area (Å²) in [5, 5.41) is 0.546. The second-order valence-electron chi connectivity index (χ2n) is 7.08. The largest absolute Gasteiger partial charge is 0.474 e. The highest BCUT2D eigenvalue weighted by molar-refractivity contribution is 7.89. The second kappa shape index (κ2) is 7.81. The minimum Gasteiger partial charge on any atom is -0.474 e. The molecule has 0 spiro atoms. The van der Waals surface area contributed by atoms with Crippen molar-refractivity contribution in [3.63, 3.8) is 0 Å². The third kappa shape index (κ3) is 4.31. The molecule has 1 aromatic carbocycles. The Morgan fingerprint density at radius 2 is 1.97 bits per heavy atom. The van der Waals surface area contributed by atoms with Crippen molar-refractivity contribution < 1.29 is 17.6 Å². The predicted octanol–water partition coefficient (Wildman–Crippen LogP) is 2.85. The maximum absolute atomic E-state index is 12.8. The van der Waals surface area contributed by atoms with Gasteiger partial charge in [-0.15, -0.1) is 0 Å². The third-order valence-corrected chi connectivity index (χ3v) is 6.80. The van der Waals surface area contributed by atoms with Crippen molar-refractivity contribution in [1.29, 1.82) is 0 Å². The van der Waals surface area contributed by atoms with E-state index in [2.05, 4.69) is 9.71 Å². The fourth-order valence-corrected chi connectivity index (χ4v) is 4.90. The molecule has 1 fully saturated rings. The molecular weight excluding hydrogens is 418 g/mol. The van der Waals surface area contributed by atoms with Gasteiger partial charge in [-0.05, 0) is 49.9 Å². The summed E-state index contributed by atoms with van der Waals surface area (Å²) < 4.78 is 40.5. The van der Waals surface area contributed by atoms with Gasteiger partial charge in [0, 0.05) is 25.4 Å². The number of sulfonamides is 1. The average Bonchev–Trinajstić information content (AvgIpc) is 2.98. The highest BCUT2D eigenvalue weighted by Crippen LogP contribution is 2.25. The molecule has 1 aliphatic rings. The van der Waals surface area contributed by atoms with Gasteiger partial charge in [0.05, 0.1) is 15.4 Å². The number of pyridine rings is 1. The monoisotopic (exact) mass is 437 g/mol. The zero-order valence-electron chi connectivity index (χ0n) is 15.7. The van der Waals surface area contributed by atoms with E-state index in [1.807, 2.05) is 0 Å². The number of hydrogen-bond acceptors (Lipinski definition) is 6. The quantitative estimate of drug-likeness (QED) is 0.658. The van der Waals surface area contributed by atoms with Crippen molar-refractivity contribution in [2.45, 2.75) is 42.7 Å². The molecule has 8 nitrogen and oxygen atoms in total. The molecule has 0 bridgehead atoms. The smallest absolute Gasteiger partial charge is 0.419 e. The fraction of sp³-hybridized carbons (Fsp3) is 0.368. The van der Waals surface area contributed by atoms with Crippen LogP contribution in [0.25, 0.3) is 11.1 Å². The molecule has 4 rings (SSSR count). The van der Waals surface area contributed by atoms with Crippen LogP contribution in [0.1, 0.15) is 25.7 Å². The minimum absolute atomic E-state index is 0.0127. The number of hydrogen-bond donors (Lipinski definition) is 1. The summed E-state index contributed by atoms with van der Waals surface area (Å²) in [6, 6.07) is 7.64. The molecule has 2 heterocycles. The van der Waals surface area contributed by atoms with Crippen molar-refractivity contribution in [3.8, 4) is 5.88 Å². The summed E-state index contributed by atoms with van der Waals surface area (Å²) in [7, 11) is -2.18. The van der Waals surface area contributed by atoms with E-state index in [1.54, 1.807) is 12.1 Å². The Morgan fingerprint density at radius 1 is 1.21 bits per heavy atom. The Labute approximate surface area is 172 Å². The maximum atomic E-state index is 12.8. The maximum Gasteiger partial charge on any atom is 0.419 e. The van der Waals surface area contributed by atoms with Crippen LogP contribution in [0.3, 0.4) is 0 Å². The van der Waals surface area contributed by atoms with E-state index < -0.39 is 15.8 Å².